The topological polar surface area (TPSA) is 100 Å². The minimum Gasteiger partial charge on any atom is -0.496 e. The fourth-order valence-electron chi connectivity index (χ4n) is 5.07. The summed E-state index contributed by atoms with van der Waals surface area (Å²) in [7, 11) is 3.03. The summed E-state index contributed by atoms with van der Waals surface area (Å²) in [6, 6.07) is 22.8. The largest absolute Gasteiger partial charge is 0.496 e. The number of fused-ring (bicyclic) bond motifs is 1. The molecule has 0 spiro atoms. The maximum atomic E-state index is 12.9. The van der Waals surface area contributed by atoms with Crippen molar-refractivity contribution in [1.29, 1.82) is 0 Å². The number of anilines is 1. The van der Waals surface area contributed by atoms with Crippen molar-refractivity contribution in [2.24, 2.45) is 0 Å². The van der Waals surface area contributed by atoms with E-state index in [2.05, 4.69) is 5.32 Å². The van der Waals surface area contributed by atoms with Crippen LogP contribution in [0.3, 0.4) is 0 Å². The number of para-hydroxylation sites is 1. The predicted molar refractivity (Wildman–Crippen MR) is 163 cm³/mol. The lowest BCUT2D eigenvalue weighted by Crippen LogP contribution is -2.57. The van der Waals surface area contributed by atoms with Crippen LogP contribution in [0.25, 0.3) is 10.9 Å². The molecule has 43 heavy (non-hydrogen) atoms. The van der Waals surface area contributed by atoms with Crippen LogP contribution in [0.4, 0.5) is 5.69 Å². The van der Waals surface area contributed by atoms with Gasteiger partial charge in [-0.3, -0.25) is 9.59 Å². The van der Waals surface area contributed by atoms with E-state index in [0.29, 0.717) is 38.7 Å². The Balaban J connectivity index is 1.11. The fourth-order valence-corrected chi connectivity index (χ4v) is 5.07. The molecule has 4 aromatic rings. The fraction of sp³-hybridized carbons (Fsp3) is 0.333. The van der Waals surface area contributed by atoms with Gasteiger partial charge in [0.25, 0.3) is 0 Å². The van der Waals surface area contributed by atoms with E-state index in [-0.39, 0.29) is 31.0 Å². The van der Waals surface area contributed by atoms with Crippen molar-refractivity contribution in [2.45, 2.75) is 25.6 Å². The third kappa shape index (κ3) is 7.65. The highest BCUT2D eigenvalue weighted by Crippen LogP contribution is 2.26. The molecule has 1 aliphatic heterocycles. The van der Waals surface area contributed by atoms with Gasteiger partial charge in [0.1, 0.15) is 30.4 Å². The van der Waals surface area contributed by atoms with Crippen LogP contribution in [0.15, 0.2) is 79.0 Å². The van der Waals surface area contributed by atoms with Gasteiger partial charge in [-0.25, -0.2) is 0 Å². The van der Waals surface area contributed by atoms with Crippen molar-refractivity contribution < 1.29 is 33.3 Å². The van der Waals surface area contributed by atoms with Gasteiger partial charge in [0.2, 0.25) is 5.91 Å². The van der Waals surface area contributed by atoms with Gasteiger partial charge in [-0.05, 0) is 54.6 Å². The van der Waals surface area contributed by atoms with Crippen LogP contribution in [0.2, 0.25) is 0 Å². The van der Waals surface area contributed by atoms with Gasteiger partial charge in [-0.2, -0.15) is 0 Å². The first-order chi connectivity index (χ1) is 21.1. The number of hydrogen-bond acceptors (Lipinski definition) is 8. The molecule has 0 aliphatic carbocycles. The van der Waals surface area contributed by atoms with E-state index < -0.39 is 0 Å². The molecule has 1 aromatic heterocycles. The van der Waals surface area contributed by atoms with E-state index in [1.54, 1.807) is 12.0 Å². The predicted octanol–water partition coefficient (Wildman–Crippen LogP) is 4.19. The smallest absolute Gasteiger partial charge is 0.325 e. The van der Waals surface area contributed by atoms with Crippen LogP contribution >= 0.6 is 0 Å². The molecule has 1 saturated heterocycles. The van der Waals surface area contributed by atoms with Crippen molar-refractivity contribution in [3.05, 3.63) is 84.6 Å². The molecule has 0 radical (unpaired) electrons. The van der Waals surface area contributed by atoms with Crippen molar-refractivity contribution >= 4 is 28.5 Å². The standard InChI is InChI=1S/C33H37N3O7/c1-39-31-7-4-3-6-25(31)22-41-16-5-17-42-28-10-8-26(9-11-28)36-27(19-34-20-32(36)37)23-43-29-12-13-30-24(18-29)14-15-35(30)21-33(38)40-2/h3-4,6-15,18,27,34H,5,16-17,19-23H2,1-2H3/t27-/m0/s1. The molecule has 226 valence electrons. The first-order valence-electron chi connectivity index (χ1n) is 14.3. The molecule has 10 nitrogen and oxygen atoms in total. The Morgan fingerprint density at radius 1 is 0.953 bits per heavy atom. The second-order valence-corrected chi connectivity index (χ2v) is 10.2. The maximum absolute atomic E-state index is 12.9. The van der Waals surface area contributed by atoms with E-state index in [4.69, 9.17) is 23.7 Å². The molecule has 3 aromatic carbocycles. The third-order valence-corrected chi connectivity index (χ3v) is 7.27. The number of ether oxygens (including phenoxy) is 5. The molecule has 1 N–H and O–H groups in total. The second kappa shape index (κ2) is 14.6. The molecule has 5 rings (SSSR count). The van der Waals surface area contributed by atoms with Crippen molar-refractivity contribution in [3.8, 4) is 17.2 Å². The van der Waals surface area contributed by atoms with Crippen molar-refractivity contribution in [2.75, 3.05) is 52.0 Å². The van der Waals surface area contributed by atoms with Crippen LogP contribution < -0.4 is 24.4 Å². The SMILES string of the molecule is COC(=O)Cn1ccc2cc(OC[C@@H]3CNCC(=O)N3c3ccc(OCCCOCc4ccccc4OC)cc3)ccc21. The van der Waals surface area contributed by atoms with E-state index in [1.165, 1.54) is 7.11 Å². The summed E-state index contributed by atoms with van der Waals surface area (Å²) >= 11 is 0. The summed E-state index contributed by atoms with van der Waals surface area (Å²) in [6.45, 7) is 2.92. The maximum Gasteiger partial charge on any atom is 0.325 e. The summed E-state index contributed by atoms with van der Waals surface area (Å²) in [4.78, 5) is 26.4. The Bertz CT molecular complexity index is 1520. The summed E-state index contributed by atoms with van der Waals surface area (Å²) < 4.78 is 29.8. The molecule has 1 atom stereocenters. The van der Waals surface area contributed by atoms with Crippen LogP contribution in [0.5, 0.6) is 17.2 Å². The molecule has 1 amide bonds. The number of methoxy groups -OCH3 is 2. The lowest BCUT2D eigenvalue weighted by molar-refractivity contribution is -0.141. The van der Waals surface area contributed by atoms with Gasteiger partial charge in [-0.1, -0.05) is 18.2 Å². The minimum absolute atomic E-state index is 0.0175. The number of carbonyl (C=O) groups excluding carboxylic acids is 2. The lowest BCUT2D eigenvalue weighted by Gasteiger charge is -2.36. The number of piperazine rings is 1. The highest BCUT2D eigenvalue weighted by molar-refractivity contribution is 5.96. The van der Waals surface area contributed by atoms with E-state index in [9.17, 15) is 9.59 Å². The molecule has 1 fully saturated rings. The number of rotatable bonds is 14. The molecule has 0 bridgehead atoms. The normalized spacial score (nSPS) is 15.0. The second-order valence-electron chi connectivity index (χ2n) is 10.2. The number of esters is 1. The molecule has 10 heteroatoms. The molecule has 1 aliphatic rings. The zero-order chi connectivity index (χ0) is 30.0. The van der Waals surface area contributed by atoms with Gasteiger partial charge >= 0.3 is 5.97 Å². The van der Waals surface area contributed by atoms with Gasteiger partial charge in [0, 0.05) is 41.3 Å². The number of nitrogens with zero attached hydrogens (tertiary/aromatic N) is 2. The summed E-state index contributed by atoms with van der Waals surface area (Å²) in [5.41, 5.74) is 2.72. The minimum atomic E-state index is -0.308. The average molecular weight is 588 g/mol. The Kier molecular flexibility index (Phi) is 10.1. The summed E-state index contributed by atoms with van der Waals surface area (Å²) in [6.07, 6.45) is 2.59. The van der Waals surface area contributed by atoms with Gasteiger partial charge in [0.05, 0.1) is 46.6 Å². The zero-order valence-electron chi connectivity index (χ0n) is 24.5. The number of benzene rings is 3. The third-order valence-electron chi connectivity index (χ3n) is 7.27. The first kappa shape index (κ1) is 29.9. The molecule has 0 saturated carbocycles. The Hall–Kier alpha value is -4.54. The summed E-state index contributed by atoms with van der Waals surface area (Å²) in [5, 5.41) is 4.14. The summed E-state index contributed by atoms with van der Waals surface area (Å²) in [5.74, 6) is 1.92. The van der Waals surface area contributed by atoms with Crippen LogP contribution in [-0.2, 0) is 32.2 Å². The van der Waals surface area contributed by atoms with E-state index in [1.807, 2.05) is 83.6 Å². The van der Waals surface area contributed by atoms with Gasteiger partial charge in [-0.15, -0.1) is 0 Å². The number of amides is 1. The van der Waals surface area contributed by atoms with E-state index in [0.717, 1.165) is 40.1 Å². The van der Waals surface area contributed by atoms with Crippen LogP contribution in [0, 0.1) is 0 Å². The van der Waals surface area contributed by atoms with Crippen LogP contribution in [0.1, 0.15) is 12.0 Å². The van der Waals surface area contributed by atoms with E-state index >= 15 is 0 Å². The van der Waals surface area contributed by atoms with Crippen molar-refractivity contribution in [1.82, 2.24) is 9.88 Å². The number of aromatic nitrogens is 1. The average Bonchev–Trinajstić information content (AvgIpc) is 3.43. The molecular formula is C33H37N3O7. The number of hydrogen-bond donors (Lipinski definition) is 1. The number of carbonyl (C=O) groups is 2. The van der Waals surface area contributed by atoms with Crippen LogP contribution in [-0.4, -0.2) is 69.6 Å². The van der Waals surface area contributed by atoms with Crippen molar-refractivity contribution in [3.63, 3.8) is 0 Å². The van der Waals surface area contributed by atoms with Gasteiger partial charge < -0.3 is 38.5 Å². The van der Waals surface area contributed by atoms with Gasteiger partial charge in [0.15, 0.2) is 0 Å². The quantitative estimate of drug-likeness (QED) is 0.173. The first-order valence-corrected chi connectivity index (χ1v) is 14.3. The lowest BCUT2D eigenvalue weighted by atomic mass is 10.1. The highest BCUT2D eigenvalue weighted by atomic mass is 16.5. The highest BCUT2D eigenvalue weighted by Gasteiger charge is 2.30. The molecule has 2 heterocycles. The Morgan fingerprint density at radius 2 is 1.77 bits per heavy atom. The molecular weight excluding hydrogens is 550 g/mol. The Morgan fingerprint density at radius 3 is 2.58 bits per heavy atom. The monoisotopic (exact) mass is 587 g/mol. The Labute approximate surface area is 251 Å². The zero-order valence-corrected chi connectivity index (χ0v) is 24.5. The molecule has 0 unspecified atom stereocenters. The number of nitrogens with one attached hydrogen (secondary N) is 1.